The van der Waals surface area contributed by atoms with Gasteiger partial charge in [-0.25, -0.2) is 0 Å². The van der Waals surface area contributed by atoms with Crippen molar-refractivity contribution in [1.82, 2.24) is 4.90 Å². The lowest BCUT2D eigenvalue weighted by molar-refractivity contribution is -0.384. The summed E-state index contributed by atoms with van der Waals surface area (Å²) in [5, 5.41) is 11.2. The van der Waals surface area contributed by atoms with Gasteiger partial charge in [0.15, 0.2) is 6.61 Å². The minimum Gasteiger partial charge on any atom is -0.484 e. The van der Waals surface area contributed by atoms with Crippen LogP contribution in [0.15, 0.2) is 36.4 Å². The van der Waals surface area contributed by atoms with Gasteiger partial charge >= 0.3 is 0 Å². The van der Waals surface area contributed by atoms with Crippen molar-refractivity contribution in [1.29, 1.82) is 0 Å². The number of nitrogens with zero attached hydrogens (tertiary/aromatic N) is 2. The molecule has 0 saturated carbocycles. The maximum absolute atomic E-state index is 12.3. The average Bonchev–Trinajstić information content (AvgIpc) is 2.55. The van der Waals surface area contributed by atoms with Gasteiger partial charge in [-0.2, -0.15) is 0 Å². The van der Waals surface area contributed by atoms with Crippen LogP contribution in [0.25, 0.3) is 0 Å². The van der Waals surface area contributed by atoms with E-state index in [0.29, 0.717) is 16.3 Å². The van der Waals surface area contributed by atoms with E-state index in [1.165, 1.54) is 23.1 Å². The number of non-ortho nitro benzene ring substituents is 1. The number of ether oxygens (including phenoxy) is 1. The van der Waals surface area contributed by atoms with Gasteiger partial charge in [-0.3, -0.25) is 14.9 Å². The number of nitro groups is 1. The number of rotatable bonds is 6. The highest BCUT2D eigenvalue weighted by Gasteiger charge is 2.15. The Morgan fingerprint density at radius 1 is 1.24 bits per heavy atom. The molecule has 0 saturated heterocycles. The number of carbonyl (C=O) groups excluding carboxylic acids is 1. The first-order chi connectivity index (χ1) is 11.8. The molecule has 0 fully saturated rings. The van der Waals surface area contributed by atoms with Crippen LogP contribution in [0.1, 0.15) is 16.7 Å². The molecule has 0 N–H and O–H groups in total. The summed E-state index contributed by atoms with van der Waals surface area (Å²) in [4.78, 5) is 24.0. The van der Waals surface area contributed by atoms with Gasteiger partial charge in [0, 0.05) is 30.7 Å². The van der Waals surface area contributed by atoms with Crippen molar-refractivity contribution in [3.05, 3.63) is 68.2 Å². The predicted octanol–water partition coefficient (Wildman–Crippen LogP) is 3.90. The lowest BCUT2D eigenvalue weighted by atomic mass is 10.1. The molecule has 25 heavy (non-hydrogen) atoms. The highest BCUT2D eigenvalue weighted by molar-refractivity contribution is 6.31. The fraction of sp³-hybridized carbons (Fsp3) is 0.278. The molecule has 7 heteroatoms. The summed E-state index contributed by atoms with van der Waals surface area (Å²) < 4.78 is 5.57. The standard InChI is InChI=1S/C18H19ClN2O4/c1-12-4-7-17(13(2)8-12)25-11-18(22)20(3)10-14-9-15(21(23)24)5-6-16(14)19/h4-9H,10-11H2,1-3H3. The van der Waals surface area contributed by atoms with E-state index in [4.69, 9.17) is 16.3 Å². The maximum Gasteiger partial charge on any atom is 0.269 e. The molecule has 1 amide bonds. The zero-order valence-corrected chi connectivity index (χ0v) is 15.0. The number of carbonyl (C=O) groups is 1. The minimum atomic E-state index is -0.495. The van der Waals surface area contributed by atoms with E-state index >= 15 is 0 Å². The molecule has 132 valence electrons. The van der Waals surface area contributed by atoms with Crippen molar-refractivity contribution >= 4 is 23.2 Å². The van der Waals surface area contributed by atoms with E-state index in [1.54, 1.807) is 7.05 Å². The summed E-state index contributed by atoms with van der Waals surface area (Å²) in [6.07, 6.45) is 0. The van der Waals surface area contributed by atoms with Crippen molar-refractivity contribution in [2.24, 2.45) is 0 Å². The molecule has 6 nitrogen and oxygen atoms in total. The van der Waals surface area contributed by atoms with Crippen LogP contribution in [0.5, 0.6) is 5.75 Å². The molecule has 2 rings (SSSR count). The van der Waals surface area contributed by atoms with Crippen LogP contribution in [-0.2, 0) is 11.3 Å². The van der Waals surface area contributed by atoms with Crippen molar-refractivity contribution in [3.63, 3.8) is 0 Å². The summed E-state index contributed by atoms with van der Waals surface area (Å²) >= 11 is 6.07. The van der Waals surface area contributed by atoms with Crippen LogP contribution in [0.2, 0.25) is 5.02 Å². The summed E-state index contributed by atoms with van der Waals surface area (Å²) in [6.45, 7) is 3.94. The number of hydrogen-bond donors (Lipinski definition) is 0. The van der Waals surface area contributed by atoms with Crippen LogP contribution in [0.4, 0.5) is 5.69 Å². The average molecular weight is 363 g/mol. The van der Waals surface area contributed by atoms with Crippen LogP contribution >= 0.6 is 11.6 Å². The van der Waals surface area contributed by atoms with Gasteiger partial charge in [0.1, 0.15) is 5.75 Å². The molecule has 0 unspecified atom stereocenters. The molecule has 0 heterocycles. The normalized spacial score (nSPS) is 10.4. The molecule has 0 spiro atoms. The Labute approximate surface area is 151 Å². The zero-order chi connectivity index (χ0) is 18.6. The van der Waals surface area contributed by atoms with Gasteiger partial charge in [-0.1, -0.05) is 29.3 Å². The Morgan fingerprint density at radius 2 is 1.96 bits per heavy atom. The first kappa shape index (κ1) is 18.7. The molecule has 2 aromatic rings. The molecule has 0 radical (unpaired) electrons. The van der Waals surface area contributed by atoms with Crippen molar-refractivity contribution in [2.75, 3.05) is 13.7 Å². The van der Waals surface area contributed by atoms with Crippen molar-refractivity contribution in [3.8, 4) is 5.75 Å². The summed E-state index contributed by atoms with van der Waals surface area (Å²) in [6, 6.07) is 9.88. The Morgan fingerprint density at radius 3 is 2.60 bits per heavy atom. The molecule has 0 atom stereocenters. The van der Waals surface area contributed by atoms with Gasteiger partial charge < -0.3 is 9.64 Å². The SMILES string of the molecule is Cc1ccc(OCC(=O)N(C)Cc2cc([N+](=O)[O-])ccc2Cl)c(C)c1. The second-order valence-corrected chi connectivity index (χ2v) is 6.25. The van der Waals surface area contributed by atoms with Gasteiger partial charge in [-0.05, 0) is 37.1 Å². The lowest BCUT2D eigenvalue weighted by Crippen LogP contribution is -2.31. The van der Waals surface area contributed by atoms with E-state index in [9.17, 15) is 14.9 Å². The van der Waals surface area contributed by atoms with E-state index in [1.807, 2.05) is 32.0 Å². The third kappa shape index (κ3) is 4.93. The van der Waals surface area contributed by atoms with Crippen LogP contribution in [0.3, 0.4) is 0 Å². The van der Waals surface area contributed by atoms with E-state index in [-0.39, 0.29) is 24.7 Å². The van der Waals surface area contributed by atoms with E-state index in [0.717, 1.165) is 11.1 Å². The number of nitro benzene ring substituents is 1. The number of likely N-dealkylation sites (N-methyl/N-ethyl adjacent to an activating group) is 1. The molecule has 0 aliphatic rings. The van der Waals surface area contributed by atoms with Gasteiger partial charge in [0.25, 0.3) is 11.6 Å². The number of halogens is 1. The summed E-state index contributed by atoms with van der Waals surface area (Å²) in [7, 11) is 1.60. The highest BCUT2D eigenvalue weighted by Crippen LogP contribution is 2.23. The first-order valence-electron chi connectivity index (χ1n) is 7.64. The van der Waals surface area contributed by atoms with E-state index < -0.39 is 4.92 Å². The summed E-state index contributed by atoms with van der Waals surface area (Å²) in [5.41, 5.74) is 2.52. The van der Waals surface area contributed by atoms with Crippen LogP contribution in [0, 0.1) is 24.0 Å². The molecule has 0 aliphatic heterocycles. The van der Waals surface area contributed by atoms with Crippen LogP contribution < -0.4 is 4.74 Å². The fourth-order valence-electron chi connectivity index (χ4n) is 2.35. The molecule has 0 aromatic heterocycles. The predicted molar refractivity (Wildman–Crippen MR) is 96.0 cm³/mol. The molecule has 0 bridgehead atoms. The third-order valence-corrected chi connectivity index (χ3v) is 4.12. The lowest BCUT2D eigenvalue weighted by Gasteiger charge is -2.18. The number of benzene rings is 2. The van der Waals surface area contributed by atoms with Crippen LogP contribution in [-0.4, -0.2) is 29.4 Å². The second kappa shape index (κ2) is 7.98. The van der Waals surface area contributed by atoms with Crippen molar-refractivity contribution in [2.45, 2.75) is 20.4 Å². The number of amides is 1. The first-order valence-corrected chi connectivity index (χ1v) is 8.02. The zero-order valence-electron chi connectivity index (χ0n) is 14.3. The molecule has 0 aliphatic carbocycles. The smallest absolute Gasteiger partial charge is 0.269 e. The minimum absolute atomic E-state index is 0.0632. The Balaban J connectivity index is 2.00. The number of hydrogen-bond acceptors (Lipinski definition) is 4. The van der Waals surface area contributed by atoms with Gasteiger partial charge in [0.05, 0.1) is 4.92 Å². The molecule has 2 aromatic carbocycles. The van der Waals surface area contributed by atoms with Crippen molar-refractivity contribution < 1.29 is 14.5 Å². The van der Waals surface area contributed by atoms with Gasteiger partial charge in [-0.15, -0.1) is 0 Å². The summed E-state index contributed by atoms with van der Waals surface area (Å²) in [5.74, 6) is 0.406. The highest BCUT2D eigenvalue weighted by atomic mass is 35.5. The maximum atomic E-state index is 12.3. The quantitative estimate of drug-likeness (QED) is 0.577. The monoisotopic (exact) mass is 362 g/mol. The molecular formula is C18H19ClN2O4. The Hall–Kier alpha value is -2.60. The Bertz CT molecular complexity index is 808. The molecular weight excluding hydrogens is 344 g/mol. The van der Waals surface area contributed by atoms with E-state index in [2.05, 4.69) is 0 Å². The topological polar surface area (TPSA) is 72.7 Å². The third-order valence-electron chi connectivity index (χ3n) is 3.75. The fourth-order valence-corrected chi connectivity index (χ4v) is 2.53. The van der Waals surface area contributed by atoms with Gasteiger partial charge in [0.2, 0.25) is 0 Å². The number of aryl methyl sites for hydroxylation is 2. The second-order valence-electron chi connectivity index (χ2n) is 5.84. The largest absolute Gasteiger partial charge is 0.484 e. The Kier molecular flexibility index (Phi) is 5.98.